The summed E-state index contributed by atoms with van der Waals surface area (Å²) < 4.78 is 5.64. The molecule has 0 aliphatic carbocycles. The number of rotatable bonds is 3. The highest BCUT2D eigenvalue weighted by atomic mass is 16.5. The minimum Gasteiger partial charge on any atom is -0.476 e. The predicted octanol–water partition coefficient (Wildman–Crippen LogP) is 2.03. The quantitative estimate of drug-likeness (QED) is 0.794. The van der Waals surface area contributed by atoms with E-state index in [0.717, 1.165) is 4.90 Å². The predicted molar refractivity (Wildman–Crippen MR) is 100 cm³/mol. The van der Waals surface area contributed by atoms with Crippen LogP contribution in [0.2, 0.25) is 0 Å². The van der Waals surface area contributed by atoms with Crippen LogP contribution >= 0.6 is 0 Å². The summed E-state index contributed by atoms with van der Waals surface area (Å²) in [6.45, 7) is 2.91. The summed E-state index contributed by atoms with van der Waals surface area (Å²) in [6, 6.07) is 11.3. The van der Waals surface area contributed by atoms with Gasteiger partial charge < -0.3 is 15.4 Å². The van der Waals surface area contributed by atoms with Crippen molar-refractivity contribution in [2.75, 3.05) is 17.2 Å². The van der Waals surface area contributed by atoms with Crippen LogP contribution < -0.4 is 15.4 Å². The van der Waals surface area contributed by atoms with Crippen LogP contribution in [0.3, 0.4) is 0 Å². The van der Waals surface area contributed by atoms with E-state index >= 15 is 0 Å². The van der Waals surface area contributed by atoms with Gasteiger partial charge in [0, 0.05) is 5.69 Å². The Kier molecular flexibility index (Phi) is 3.92. The number of fused-ring (bicyclic) bond motifs is 2. The van der Waals surface area contributed by atoms with Gasteiger partial charge in [0.1, 0.15) is 12.3 Å². The van der Waals surface area contributed by atoms with Gasteiger partial charge in [0.25, 0.3) is 17.7 Å². The van der Waals surface area contributed by atoms with Crippen molar-refractivity contribution in [3.63, 3.8) is 0 Å². The number of hydrogen-bond acceptors (Lipinski definition) is 5. The largest absolute Gasteiger partial charge is 0.476 e. The first-order chi connectivity index (χ1) is 13.3. The van der Waals surface area contributed by atoms with E-state index in [0.29, 0.717) is 17.1 Å². The molecule has 0 spiro atoms. The Morgan fingerprint density at radius 3 is 2.36 bits per heavy atom. The lowest BCUT2D eigenvalue weighted by atomic mass is 10.1. The SMILES string of the molecule is CC1(C)Oc2ccc(NC(=O)CN3C(=O)c4ccccc4C3=O)cc2NC1=O. The topological polar surface area (TPSA) is 105 Å². The standard InChI is InChI=1S/C20H17N3O5/c1-20(2)19(27)22-14-9-11(7-8-15(14)28-20)21-16(24)10-23-17(25)12-5-3-4-6-13(12)18(23)26/h3-9H,10H2,1-2H3,(H,21,24)(H,22,27). The van der Waals surface area contributed by atoms with E-state index in [1.807, 2.05) is 0 Å². The molecular formula is C20H17N3O5. The van der Waals surface area contributed by atoms with E-state index in [2.05, 4.69) is 10.6 Å². The van der Waals surface area contributed by atoms with Gasteiger partial charge in [-0.25, -0.2) is 0 Å². The zero-order valence-electron chi connectivity index (χ0n) is 15.2. The first-order valence-corrected chi connectivity index (χ1v) is 8.66. The number of hydrogen-bond donors (Lipinski definition) is 2. The van der Waals surface area contributed by atoms with Gasteiger partial charge in [-0.3, -0.25) is 24.1 Å². The zero-order valence-corrected chi connectivity index (χ0v) is 15.2. The van der Waals surface area contributed by atoms with Gasteiger partial charge in [0.05, 0.1) is 16.8 Å². The number of nitrogens with one attached hydrogen (secondary N) is 2. The monoisotopic (exact) mass is 379 g/mol. The second-order valence-electron chi connectivity index (χ2n) is 7.07. The van der Waals surface area contributed by atoms with E-state index in [4.69, 9.17) is 4.74 Å². The van der Waals surface area contributed by atoms with Gasteiger partial charge in [-0.15, -0.1) is 0 Å². The molecular weight excluding hydrogens is 362 g/mol. The molecule has 4 amide bonds. The number of carbonyl (C=O) groups excluding carboxylic acids is 4. The van der Waals surface area contributed by atoms with Crippen molar-refractivity contribution in [1.29, 1.82) is 0 Å². The lowest BCUT2D eigenvalue weighted by molar-refractivity contribution is -0.129. The number of ether oxygens (including phenoxy) is 1. The number of amides is 4. The molecule has 2 aromatic rings. The molecule has 0 saturated carbocycles. The minimum absolute atomic E-state index is 0.288. The van der Waals surface area contributed by atoms with Crippen molar-refractivity contribution in [3.05, 3.63) is 53.6 Å². The third-order valence-corrected chi connectivity index (χ3v) is 4.60. The second kappa shape index (κ2) is 6.19. The third-order valence-electron chi connectivity index (χ3n) is 4.60. The van der Waals surface area contributed by atoms with E-state index in [9.17, 15) is 19.2 Å². The van der Waals surface area contributed by atoms with Crippen molar-refractivity contribution >= 4 is 35.0 Å². The molecule has 0 atom stereocenters. The lowest BCUT2D eigenvalue weighted by Gasteiger charge is -2.31. The summed E-state index contributed by atoms with van der Waals surface area (Å²) in [5.74, 6) is -1.33. The average molecular weight is 379 g/mol. The van der Waals surface area contributed by atoms with Gasteiger partial charge in [-0.1, -0.05) is 12.1 Å². The molecule has 0 radical (unpaired) electrons. The summed E-state index contributed by atoms with van der Waals surface area (Å²) in [7, 11) is 0. The normalized spacial score (nSPS) is 16.8. The minimum atomic E-state index is -0.983. The first-order valence-electron chi connectivity index (χ1n) is 8.66. The smallest absolute Gasteiger partial charge is 0.268 e. The van der Waals surface area contributed by atoms with E-state index in [-0.39, 0.29) is 17.0 Å². The summed E-state index contributed by atoms with van der Waals surface area (Å²) in [4.78, 5) is 50.0. The van der Waals surface area contributed by atoms with Crippen LogP contribution in [-0.2, 0) is 9.59 Å². The van der Waals surface area contributed by atoms with Crippen LogP contribution in [0.25, 0.3) is 0 Å². The molecule has 2 heterocycles. The van der Waals surface area contributed by atoms with Crippen molar-refractivity contribution in [2.24, 2.45) is 0 Å². The van der Waals surface area contributed by atoms with Crippen LogP contribution in [-0.4, -0.2) is 40.7 Å². The fourth-order valence-corrected chi connectivity index (χ4v) is 3.12. The lowest BCUT2D eigenvalue weighted by Crippen LogP contribution is -2.45. The fourth-order valence-electron chi connectivity index (χ4n) is 3.12. The highest BCUT2D eigenvalue weighted by Gasteiger charge is 2.37. The van der Waals surface area contributed by atoms with Crippen molar-refractivity contribution in [3.8, 4) is 5.75 Å². The summed E-state index contributed by atoms with van der Waals surface area (Å²) >= 11 is 0. The molecule has 0 unspecified atom stereocenters. The molecule has 2 aliphatic rings. The van der Waals surface area contributed by atoms with Crippen molar-refractivity contribution in [2.45, 2.75) is 19.4 Å². The Morgan fingerprint density at radius 2 is 1.71 bits per heavy atom. The molecule has 2 aromatic carbocycles. The molecule has 4 rings (SSSR count). The first kappa shape index (κ1) is 17.7. The zero-order chi connectivity index (χ0) is 20.1. The number of benzene rings is 2. The molecule has 0 saturated heterocycles. The van der Waals surface area contributed by atoms with Crippen LogP contribution in [0.15, 0.2) is 42.5 Å². The Bertz CT molecular complexity index is 1010. The summed E-state index contributed by atoms with van der Waals surface area (Å²) in [6.07, 6.45) is 0. The molecule has 8 heteroatoms. The number of carbonyl (C=O) groups is 4. The van der Waals surface area contributed by atoms with Crippen LogP contribution in [0, 0.1) is 0 Å². The van der Waals surface area contributed by atoms with Gasteiger partial charge in [0.15, 0.2) is 5.60 Å². The number of anilines is 2. The van der Waals surface area contributed by atoms with E-state index in [1.54, 1.807) is 56.3 Å². The number of nitrogens with zero attached hydrogens (tertiary/aromatic N) is 1. The molecule has 0 aromatic heterocycles. The van der Waals surface area contributed by atoms with E-state index < -0.39 is 29.9 Å². The average Bonchev–Trinajstić information content (AvgIpc) is 2.88. The van der Waals surface area contributed by atoms with Crippen molar-refractivity contribution in [1.82, 2.24) is 4.90 Å². The number of imide groups is 1. The van der Waals surface area contributed by atoms with Gasteiger partial charge >= 0.3 is 0 Å². The maximum Gasteiger partial charge on any atom is 0.268 e. The maximum atomic E-state index is 12.4. The highest BCUT2D eigenvalue weighted by Crippen LogP contribution is 2.35. The van der Waals surface area contributed by atoms with Crippen molar-refractivity contribution < 1.29 is 23.9 Å². The van der Waals surface area contributed by atoms with Gasteiger partial charge in [0.2, 0.25) is 5.91 Å². The van der Waals surface area contributed by atoms with Gasteiger partial charge in [-0.2, -0.15) is 0 Å². The third kappa shape index (κ3) is 2.88. The Hall–Kier alpha value is -3.68. The Labute approximate surface area is 160 Å². The molecule has 2 aliphatic heterocycles. The molecule has 2 N–H and O–H groups in total. The van der Waals surface area contributed by atoms with E-state index in [1.165, 1.54) is 0 Å². The fraction of sp³-hybridized carbons (Fsp3) is 0.200. The summed E-state index contributed by atoms with van der Waals surface area (Å²) in [5.41, 5.74) is 0.434. The second-order valence-corrected chi connectivity index (χ2v) is 7.07. The Morgan fingerprint density at radius 1 is 1.07 bits per heavy atom. The Balaban J connectivity index is 1.47. The highest BCUT2D eigenvalue weighted by molar-refractivity contribution is 6.22. The van der Waals surface area contributed by atoms with Crippen LogP contribution in [0.1, 0.15) is 34.6 Å². The maximum absolute atomic E-state index is 12.4. The molecule has 0 fully saturated rings. The van der Waals surface area contributed by atoms with Gasteiger partial charge in [-0.05, 0) is 44.2 Å². The summed E-state index contributed by atoms with van der Waals surface area (Å²) in [5, 5.41) is 5.36. The molecule has 142 valence electrons. The molecule has 0 bridgehead atoms. The molecule has 8 nitrogen and oxygen atoms in total. The van der Waals surface area contributed by atoms with Crippen LogP contribution in [0.5, 0.6) is 5.75 Å². The molecule has 28 heavy (non-hydrogen) atoms. The van der Waals surface area contributed by atoms with Crippen LogP contribution in [0.4, 0.5) is 11.4 Å².